The Bertz CT molecular complexity index is 891. The molecule has 0 saturated carbocycles. The lowest BCUT2D eigenvalue weighted by molar-refractivity contribution is -0.137. The molecule has 2 aromatic rings. The molecule has 2 aromatic carbocycles. The van der Waals surface area contributed by atoms with E-state index < -0.39 is 17.6 Å². The summed E-state index contributed by atoms with van der Waals surface area (Å²) in [7, 11) is 0. The molecule has 1 saturated heterocycles. The molecule has 0 spiro atoms. The van der Waals surface area contributed by atoms with Gasteiger partial charge in [-0.15, -0.1) is 0 Å². The van der Waals surface area contributed by atoms with Crippen molar-refractivity contribution in [1.29, 1.82) is 0 Å². The van der Waals surface area contributed by atoms with Gasteiger partial charge < -0.3 is 15.5 Å². The Morgan fingerprint density at radius 2 is 1.57 bits per heavy atom. The number of carbonyl (C=O) groups excluding carboxylic acids is 2. The van der Waals surface area contributed by atoms with Crippen LogP contribution >= 0.6 is 0 Å². The Morgan fingerprint density at radius 1 is 0.900 bits per heavy atom. The Morgan fingerprint density at radius 3 is 2.27 bits per heavy atom. The first-order valence-electron chi connectivity index (χ1n) is 9.93. The number of hydrogen-bond donors (Lipinski definition) is 2. The standard InChI is InChI=1S/C22H24F3N3O2/c23-22(24,25)17-8-6-10-19(14-17)27-21(30)16-7-5-9-18(13-16)26-15-20(29)28-11-3-1-2-4-12-28/h5-10,13-14,26H,1-4,11-12,15H2,(H,27,30). The van der Waals surface area contributed by atoms with Crippen LogP contribution in [0.3, 0.4) is 0 Å². The van der Waals surface area contributed by atoms with Crippen LogP contribution in [0.2, 0.25) is 0 Å². The normalized spacial score (nSPS) is 14.7. The van der Waals surface area contributed by atoms with Gasteiger partial charge in [-0.1, -0.05) is 25.0 Å². The number of amides is 2. The van der Waals surface area contributed by atoms with Crippen LogP contribution < -0.4 is 10.6 Å². The van der Waals surface area contributed by atoms with Crippen molar-refractivity contribution < 1.29 is 22.8 Å². The molecule has 8 heteroatoms. The summed E-state index contributed by atoms with van der Waals surface area (Å²) >= 11 is 0. The fraction of sp³-hybridized carbons (Fsp3) is 0.364. The van der Waals surface area contributed by atoms with Gasteiger partial charge in [0.15, 0.2) is 0 Å². The third-order valence-corrected chi connectivity index (χ3v) is 4.98. The van der Waals surface area contributed by atoms with Gasteiger partial charge in [0.05, 0.1) is 12.1 Å². The maximum atomic E-state index is 12.8. The summed E-state index contributed by atoms with van der Waals surface area (Å²) in [6.07, 6.45) is -0.182. The summed E-state index contributed by atoms with van der Waals surface area (Å²) in [5, 5.41) is 5.51. The molecule has 0 unspecified atom stereocenters. The molecule has 0 aromatic heterocycles. The number of carbonyl (C=O) groups is 2. The van der Waals surface area contributed by atoms with Gasteiger partial charge in [0.25, 0.3) is 5.91 Å². The second-order valence-corrected chi connectivity index (χ2v) is 7.26. The quantitative estimate of drug-likeness (QED) is 0.734. The van der Waals surface area contributed by atoms with E-state index in [0.717, 1.165) is 50.9 Å². The van der Waals surface area contributed by atoms with Crippen LogP contribution in [0.25, 0.3) is 0 Å². The van der Waals surface area contributed by atoms with Crippen molar-refractivity contribution in [2.45, 2.75) is 31.9 Å². The molecule has 1 heterocycles. The van der Waals surface area contributed by atoms with Crippen molar-refractivity contribution in [3.8, 4) is 0 Å². The number of nitrogens with one attached hydrogen (secondary N) is 2. The molecule has 0 aliphatic carbocycles. The Hall–Kier alpha value is -3.03. The van der Waals surface area contributed by atoms with Gasteiger partial charge in [0.1, 0.15) is 0 Å². The van der Waals surface area contributed by atoms with Gasteiger partial charge in [-0.25, -0.2) is 0 Å². The van der Waals surface area contributed by atoms with Crippen molar-refractivity contribution in [2.75, 3.05) is 30.3 Å². The van der Waals surface area contributed by atoms with E-state index in [1.54, 1.807) is 24.3 Å². The monoisotopic (exact) mass is 419 g/mol. The number of hydrogen-bond acceptors (Lipinski definition) is 3. The van der Waals surface area contributed by atoms with E-state index in [4.69, 9.17) is 0 Å². The molecule has 2 N–H and O–H groups in total. The summed E-state index contributed by atoms with van der Waals surface area (Å²) in [5.74, 6) is -0.521. The van der Waals surface area contributed by atoms with Gasteiger partial charge in [-0.05, 0) is 49.2 Å². The fourth-order valence-corrected chi connectivity index (χ4v) is 3.36. The van der Waals surface area contributed by atoms with Crippen LogP contribution in [0.4, 0.5) is 24.5 Å². The third kappa shape index (κ3) is 5.98. The van der Waals surface area contributed by atoms with Gasteiger partial charge in [0, 0.05) is 30.0 Å². The molecule has 1 aliphatic heterocycles. The average molecular weight is 419 g/mol. The predicted molar refractivity (Wildman–Crippen MR) is 109 cm³/mol. The number of anilines is 2. The number of halogens is 3. The van der Waals surface area contributed by atoms with Crippen molar-refractivity contribution in [1.82, 2.24) is 4.90 Å². The number of alkyl halides is 3. The molecule has 1 aliphatic rings. The zero-order valence-corrected chi connectivity index (χ0v) is 16.5. The first-order valence-corrected chi connectivity index (χ1v) is 9.93. The molecule has 0 bridgehead atoms. The summed E-state index contributed by atoms with van der Waals surface area (Å²) in [5.41, 5.74) is 0.0989. The second kappa shape index (κ2) is 9.65. The summed E-state index contributed by atoms with van der Waals surface area (Å²) in [4.78, 5) is 26.7. The van der Waals surface area contributed by atoms with E-state index in [1.807, 2.05) is 4.90 Å². The van der Waals surface area contributed by atoms with Gasteiger partial charge >= 0.3 is 6.18 Å². The highest BCUT2D eigenvalue weighted by molar-refractivity contribution is 6.04. The largest absolute Gasteiger partial charge is 0.416 e. The molecule has 2 amide bonds. The number of benzene rings is 2. The van der Waals surface area contributed by atoms with Gasteiger partial charge in [0.2, 0.25) is 5.91 Å². The molecule has 160 valence electrons. The minimum atomic E-state index is -4.48. The first-order chi connectivity index (χ1) is 14.3. The first kappa shape index (κ1) is 21.7. The number of rotatable bonds is 5. The number of likely N-dealkylation sites (tertiary alicyclic amines) is 1. The summed E-state index contributed by atoms with van der Waals surface area (Å²) in [6.45, 7) is 1.65. The van der Waals surface area contributed by atoms with E-state index in [9.17, 15) is 22.8 Å². The smallest absolute Gasteiger partial charge is 0.376 e. The maximum Gasteiger partial charge on any atom is 0.416 e. The third-order valence-electron chi connectivity index (χ3n) is 4.98. The van der Waals surface area contributed by atoms with Crippen LogP contribution in [-0.2, 0) is 11.0 Å². The van der Waals surface area contributed by atoms with E-state index in [-0.39, 0.29) is 23.7 Å². The lowest BCUT2D eigenvalue weighted by Gasteiger charge is -2.20. The number of nitrogens with zero attached hydrogens (tertiary/aromatic N) is 1. The molecule has 0 atom stereocenters. The predicted octanol–water partition coefficient (Wildman–Crippen LogP) is 4.77. The van der Waals surface area contributed by atoms with Crippen molar-refractivity contribution >= 4 is 23.2 Å². The Labute approximate surface area is 173 Å². The summed E-state index contributed by atoms with van der Waals surface area (Å²) in [6, 6.07) is 11.0. The van der Waals surface area contributed by atoms with E-state index >= 15 is 0 Å². The minimum Gasteiger partial charge on any atom is -0.376 e. The molecular formula is C22H24F3N3O2. The highest BCUT2D eigenvalue weighted by Gasteiger charge is 2.30. The average Bonchev–Trinajstić information content (AvgIpc) is 3.01. The second-order valence-electron chi connectivity index (χ2n) is 7.26. The lowest BCUT2D eigenvalue weighted by atomic mass is 10.1. The maximum absolute atomic E-state index is 12.8. The Balaban J connectivity index is 1.60. The fourth-order valence-electron chi connectivity index (χ4n) is 3.36. The molecule has 30 heavy (non-hydrogen) atoms. The van der Waals surface area contributed by atoms with Crippen LogP contribution in [0.1, 0.15) is 41.6 Å². The molecule has 1 fully saturated rings. The summed E-state index contributed by atoms with van der Waals surface area (Å²) < 4.78 is 38.5. The van der Waals surface area contributed by atoms with Crippen LogP contribution in [0.5, 0.6) is 0 Å². The highest BCUT2D eigenvalue weighted by atomic mass is 19.4. The lowest BCUT2D eigenvalue weighted by Crippen LogP contribution is -2.36. The minimum absolute atomic E-state index is 0.00993. The van der Waals surface area contributed by atoms with Gasteiger partial charge in [-0.2, -0.15) is 13.2 Å². The van der Waals surface area contributed by atoms with Crippen molar-refractivity contribution in [3.63, 3.8) is 0 Å². The Kier molecular flexibility index (Phi) is 6.97. The van der Waals surface area contributed by atoms with Crippen molar-refractivity contribution in [2.24, 2.45) is 0 Å². The molecular weight excluding hydrogens is 395 g/mol. The van der Waals surface area contributed by atoms with Crippen LogP contribution in [0.15, 0.2) is 48.5 Å². The van der Waals surface area contributed by atoms with Crippen LogP contribution in [-0.4, -0.2) is 36.3 Å². The highest BCUT2D eigenvalue weighted by Crippen LogP contribution is 2.30. The molecule has 5 nitrogen and oxygen atoms in total. The SMILES string of the molecule is O=C(Nc1cccc(C(F)(F)F)c1)c1cccc(NCC(=O)N2CCCCCC2)c1. The topological polar surface area (TPSA) is 61.4 Å². The van der Waals surface area contributed by atoms with E-state index in [1.165, 1.54) is 12.1 Å². The van der Waals surface area contributed by atoms with E-state index in [2.05, 4.69) is 10.6 Å². The van der Waals surface area contributed by atoms with Crippen LogP contribution in [0, 0.1) is 0 Å². The molecule has 3 rings (SSSR count). The zero-order chi connectivity index (χ0) is 21.6. The van der Waals surface area contributed by atoms with Crippen molar-refractivity contribution in [3.05, 3.63) is 59.7 Å². The molecule has 0 radical (unpaired) electrons. The van der Waals surface area contributed by atoms with E-state index in [0.29, 0.717) is 5.69 Å². The zero-order valence-electron chi connectivity index (χ0n) is 16.5. The van der Waals surface area contributed by atoms with Gasteiger partial charge in [-0.3, -0.25) is 9.59 Å².